The van der Waals surface area contributed by atoms with Crippen LogP contribution in [0.5, 0.6) is 0 Å². The van der Waals surface area contributed by atoms with Crippen LogP contribution in [0.15, 0.2) is 0 Å². The van der Waals surface area contributed by atoms with Gasteiger partial charge in [-0.15, -0.1) is 12.4 Å². The molecule has 0 radical (unpaired) electrons. The van der Waals surface area contributed by atoms with Crippen LogP contribution in [-0.4, -0.2) is 49.2 Å². The van der Waals surface area contributed by atoms with Crippen LogP contribution in [0.1, 0.15) is 27.2 Å². The molecule has 2 rings (SSSR count). The quantitative estimate of drug-likeness (QED) is 0.768. The fourth-order valence-corrected chi connectivity index (χ4v) is 2.48. The van der Waals surface area contributed by atoms with Gasteiger partial charge in [-0.3, -0.25) is 4.79 Å². The first-order chi connectivity index (χ1) is 7.47. The van der Waals surface area contributed by atoms with E-state index in [1.807, 2.05) is 0 Å². The van der Waals surface area contributed by atoms with Gasteiger partial charge in [0.1, 0.15) is 0 Å². The number of hydrogen-bond donors (Lipinski definition) is 1. The van der Waals surface area contributed by atoms with Gasteiger partial charge in [0, 0.05) is 19.5 Å². The van der Waals surface area contributed by atoms with Crippen molar-refractivity contribution >= 4 is 18.3 Å². The molecule has 0 aromatic heterocycles. The number of piperazine rings is 1. The van der Waals surface area contributed by atoms with Gasteiger partial charge in [0.25, 0.3) is 0 Å². The van der Waals surface area contributed by atoms with Crippen molar-refractivity contribution in [1.29, 1.82) is 0 Å². The van der Waals surface area contributed by atoms with Crippen molar-refractivity contribution in [2.45, 2.75) is 39.3 Å². The smallest absolute Gasteiger partial charge is 0.223 e. The van der Waals surface area contributed by atoms with Crippen molar-refractivity contribution in [1.82, 2.24) is 10.2 Å². The summed E-state index contributed by atoms with van der Waals surface area (Å²) in [5.74, 6) is 0.285. The first kappa shape index (κ1) is 14.7. The molecule has 4 nitrogen and oxygen atoms in total. The van der Waals surface area contributed by atoms with E-state index >= 15 is 0 Å². The zero-order valence-electron chi connectivity index (χ0n) is 10.9. The highest BCUT2D eigenvalue weighted by atomic mass is 35.5. The molecule has 2 heterocycles. The third-order valence-corrected chi connectivity index (χ3v) is 3.14. The summed E-state index contributed by atoms with van der Waals surface area (Å²) in [7, 11) is 0. The molecule has 2 atom stereocenters. The van der Waals surface area contributed by atoms with E-state index < -0.39 is 0 Å². The Labute approximate surface area is 109 Å². The Balaban J connectivity index is 0.00000144. The number of fused-ring (bicyclic) bond motifs is 2. The maximum Gasteiger partial charge on any atom is 0.223 e. The Morgan fingerprint density at radius 1 is 1.29 bits per heavy atom. The zero-order chi connectivity index (χ0) is 11.8. The molecule has 2 aliphatic heterocycles. The summed E-state index contributed by atoms with van der Waals surface area (Å²) < 4.78 is 5.51. The Hall–Kier alpha value is -0.320. The molecule has 5 heteroatoms. The number of hydrogen-bond acceptors (Lipinski definition) is 3. The molecular formula is C12H23ClN2O2. The van der Waals surface area contributed by atoms with Crippen molar-refractivity contribution < 1.29 is 9.53 Å². The van der Waals surface area contributed by atoms with Gasteiger partial charge >= 0.3 is 0 Å². The Bertz CT molecular complexity index is 256. The normalized spacial score (nSPS) is 28.5. The molecule has 2 saturated heterocycles. The van der Waals surface area contributed by atoms with Crippen LogP contribution < -0.4 is 5.32 Å². The van der Waals surface area contributed by atoms with Crippen molar-refractivity contribution in [2.75, 3.05) is 26.3 Å². The second-order valence-corrected chi connectivity index (χ2v) is 6.04. The summed E-state index contributed by atoms with van der Waals surface area (Å²) in [6, 6.07) is 0.477. The Morgan fingerprint density at radius 3 is 2.29 bits per heavy atom. The minimum absolute atomic E-state index is 0. The Morgan fingerprint density at radius 2 is 1.82 bits per heavy atom. The first-order valence-electron chi connectivity index (χ1n) is 6.07. The van der Waals surface area contributed by atoms with Crippen molar-refractivity contribution in [3.8, 4) is 0 Å². The van der Waals surface area contributed by atoms with Crippen LogP contribution in [0, 0.1) is 5.41 Å². The van der Waals surface area contributed by atoms with Gasteiger partial charge in [-0.2, -0.15) is 0 Å². The number of halogens is 1. The summed E-state index contributed by atoms with van der Waals surface area (Å²) in [4.78, 5) is 14.3. The van der Waals surface area contributed by atoms with Gasteiger partial charge in [0.05, 0.1) is 25.3 Å². The molecule has 100 valence electrons. The van der Waals surface area contributed by atoms with Crippen molar-refractivity contribution in [2.24, 2.45) is 5.41 Å². The molecule has 0 aromatic rings. The van der Waals surface area contributed by atoms with Crippen molar-refractivity contribution in [3.63, 3.8) is 0 Å². The van der Waals surface area contributed by atoms with Gasteiger partial charge in [-0.1, -0.05) is 20.8 Å². The molecule has 0 saturated carbocycles. The van der Waals surface area contributed by atoms with Crippen LogP contribution in [0.3, 0.4) is 0 Å². The lowest BCUT2D eigenvalue weighted by Gasteiger charge is -2.46. The van der Waals surface area contributed by atoms with E-state index in [2.05, 4.69) is 31.0 Å². The van der Waals surface area contributed by atoms with Crippen LogP contribution in [0.25, 0.3) is 0 Å². The summed E-state index contributed by atoms with van der Waals surface area (Å²) in [6.07, 6.45) is 0.625. The van der Waals surface area contributed by atoms with Crippen LogP contribution in [0.2, 0.25) is 0 Å². The highest BCUT2D eigenvalue weighted by Crippen LogP contribution is 2.24. The molecule has 0 aromatic carbocycles. The van der Waals surface area contributed by atoms with Gasteiger partial charge < -0.3 is 15.0 Å². The van der Waals surface area contributed by atoms with Gasteiger partial charge in [-0.05, 0) is 5.41 Å². The van der Waals surface area contributed by atoms with E-state index in [0.29, 0.717) is 19.6 Å². The number of carbonyl (C=O) groups is 1. The van der Waals surface area contributed by atoms with E-state index in [-0.39, 0.29) is 35.8 Å². The van der Waals surface area contributed by atoms with E-state index in [9.17, 15) is 4.79 Å². The molecule has 1 N–H and O–H groups in total. The second-order valence-electron chi connectivity index (χ2n) is 6.04. The average molecular weight is 263 g/mol. The van der Waals surface area contributed by atoms with E-state index in [4.69, 9.17) is 4.74 Å². The Kier molecular flexibility index (Phi) is 4.81. The molecule has 1 amide bonds. The number of nitrogens with one attached hydrogen (secondary N) is 1. The number of amides is 1. The second kappa shape index (κ2) is 5.55. The summed E-state index contributed by atoms with van der Waals surface area (Å²) in [6.45, 7) is 9.43. The molecule has 0 aliphatic carbocycles. The standard InChI is InChI=1S/C12H22N2O2.ClH/c1-12(2,3)4-11(15)14-9-5-13-6-10(14)8-16-7-9;/h9-10,13H,4-8H2,1-3H3;1H. The molecule has 2 unspecified atom stereocenters. The minimum atomic E-state index is 0. The van der Waals surface area contributed by atoms with Gasteiger partial charge in [0.15, 0.2) is 0 Å². The first-order valence-corrected chi connectivity index (χ1v) is 6.07. The number of ether oxygens (including phenoxy) is 1. The molecule has 17 heavy (non-hydrogen) atoms. The topological polar surface area (TPSA) is 41.6 Å². The number of nitrogens with zero attached hydrogens (tertiary/aromatic N) is 1. The van der Waals surface area contributed by atoms with Crippen LogP contribution in [0.4, 0.5) is 0 Å². The SMILES string of the molecule is CC(C)(C)CC(=O)N1C2CNCC1COC2.Cl. The number of rotatable bonds is 1. The van der Waals surface area contributed by atoms with Gasteiger partial charge in [0.2, 0.25) is 5.91 Å². The van der Waals surface area contributed by atoms with E-state index in [0.717, 1.165) is 13.1 Å². The number of morpholine rings is 1. The highest BCUT2D eigenvalue weighted by molar-refractivity contribution is 5.85. The zero-order valence-corrected chi connectivity index (χ0v) is 11.7. The lowest BCUT2D eigenvalue weighted by Crippen LogP contribution is -2.65. The summed E-state index contributed by atoms with van der Waals surface area (Å²) >= 11 is 0. The molecule has 2 aliphatic rings. The predicted molar refractivity (Wildman–Crippen MR) is 69.4 cm³/mol. The van der Waals surface area contributed by atoms with E-state index in [1.54, 1.807) is 0 Å². The van der Waals surface area contributed by atoms with E-state index in [1.165, 1.54) is 0 Å². The number of carbonyl (C=O) groups excluding carboxylic acids is 1. The molecule has 2 bridgehead atoms. The third kappa shape index (κ3) is 3.57. The monoisotopic (exact) mass is 262 g/mol. The predicted octanol–water partition coefficient (Wildman–Crippen LogP) is 1.04. The van der Waals surface area contributed by atoms with Gasteiger partial charge in [-0.25, -0.2) is 0 Å². The van der Waals surface area contributed by atoms with Crippen LogP contribution in [-0.2, 0) is 9.53 Å². The highest BCUT2D eigenvalue weighted by Gasteiger charge is 2.38. The lowest BCUT2D eigenvalue weighted by molar-refractivity contribution is -0.150. The largest absolute Gasteiger partial charge is 0.377 e. The lowest BCUT2D eigenvalue weighted by atomic mass is 9.90. The summed E-state index contributed by atoms with van der Waals surface area (Å²) in [5, 5.41) is 3.36. The average Bonchev–Trinajstić information content (AvgIpc) is 2.13. The molecule has 0 spiro atoms. The van der Waals surface area contributed by atoms with Crippen molar-refractivity contribution in [3.05, 3.63) is 0 Å². The fraction of sp³-hybridized carbons (Fsp3) is 0.917. The van der Waals surface area contributed by atoms with Crippen LogP contribution >= 0.6 is 12.4 Å². The molecular weight excluding hydrogens is 240 g/mol. The summed E-state index contributed by atoms with van der Waals surface area (Å²) in [5.41, 5.74) is 0.0666. The fourth-order valence-electron chi connectivity index (χ4n) is 2.48. The third-order valence-electron chi connectivity index (χ3n) is 3.14. The minimum Gasteiger partial charge on any atom is -0.377 e. The maximum absolute atomic E-state index is 12.3. The maximum atomic E-state index is 12.3. The molecule has 2 fully saturated rings.